The highest BCUT2D eigenvalue weighted by atomic mass is 32.2. The molecule has 2 fully saturated rings. The summed E-state index contributed by atoms with van der Waals surface area (Å²) in [5.74, 6) is 3.61. The van der Waals surface area contributed by atoms with Crippen LogP contribution in [-0.2, 0) is 4.74 Å². The SMILES string of the molecule is CC1(C)COCC1NCC1CSC1. The van der Waals surface area contributed by atoms with Crippen LogP contribution in [-0.4, -0.2) is 37.3 Å². The summed E-state index contributed by atoms with van der Waals surface area (Å²) in [5, 5.41) is 3.64. The van der Waals surface area contributed by atoms with Crippen LogP contribution in [0.4, 0.5) is 0 Å². The van der Waals surface area contributed by atoms with E-state index in [0.29, 0.717) is 11.5 Å². The molecule has 3 heteroatoms. The van der Waals surface area contributed by atoms with Gasteiger partial charge in [0.25, 0.3) is 0 Å². The number of nitrogens with one attached hydrogen (secondary N) is 1. The van der Waals surface area contributed by atoms with Crippen molar-refractivity contribution in [2.45, 2.75) is 19.9 Å². The maximum atomic E-state index is 5.49. The van der Waals surface area contributed by atoms with Crippen LogP contribution in [0, 0.1) is 11.3 Å². The number of hydrogen-bond acceptors (Lipinski definition) is 3. The Morgan fingerprint density at radius 1 is 1.46 bits per heavy atom. The molecule has 0 amide bonds. The minimum absolute atomic E-state index is 0.330. The van der Waals surface area contributed by atoms with Gasteiger partial charge >= 0.3 is 0 Å². The van der Waals surface area contributed by atoms with Gasteiger partial charge in [0.2, 0.25) is 0 Å². The summed E-state index contributed by atoms with van der Waals surface area (Å²) < 4.78 is 5.49. The Balaban J connectivity index is 1.73. The molecule has 0 bridgehead atoms. The van der Waals surface area contributed by atoms with E-state index in [9.17, 15) is 0 Å². The summed E-state index contributed by atoms with van der Waals surface area (Å²) in [6.45, 7) is 7.56. The monoisotopic (exact) mass is 201 g/mol. The second-order valence-electron chi connectivity index (χ2n) is 4.87. The molecule has 1 atom stereocenters. The van der Waals surface area contributed by atoms with Crippen LogP contribution >= 0.6 is 11.8 Å². The normalized spacial score (nSPS) is 33.2. The topological polar surface area (TPSA) is 21.3 Å². The third-order valence-electron chi connectivity index (χ3n) is 3.06. The molecule has 13 heavy (non-hydrogen) atoms. The number of hydrogen-bond donors (Lipinski definition) is 1. The lowest BCUT2D eigenvalue weighted by Crippen LogP contribution is -2.44. The van der Waals surface area contributed by atoms with E-state index in [-0.39, 0.29) is 0 Å². The van der Waals surface area contributed by atoms with Crippen molar-refractivity contribution < 1.29 is 4.74 Å². The zero-order valence-corrected chi connectivity index (χ0v) is 9.32. The highest BCUT2D eigenvalue weighted by Gasteiger charge is 2.35. The van der Waals surface area contributed by atoms with Gasteiger partial charge in [-0.05, 0) is 24.0 Å². The lowest BCUT2D eigenvalue weighted by Gasteiger charge is -2.30. The molecule has 2 nitrogen and oxygen atoms in total. The van der Waals surface area contributed by atoms with Gasteiger partial charge in [-0.2, -0.15) is 11.8 Å². The first-order valence-corrected chi connectivity index (χ1v) is 6.23. The first kappa shape index (κ1) is 9.81. The van der Waals surface area contributed by atoms with Gasteiger partial charge in [0.15, 0.2) is 0 Å². The van der Waals surface area contributed by atoms with Crippen molar-refractivity contribution in [3.63, 3.8) is 0 Å². The Morgan fingerprint density at radius 3 is 2.69 bits per heavy atom. The van der Waals surface area contributed by atoms with Crippen LogP contribution < -0.4 is 5.32 Å². The third kappa shape index (κ3) is 2.20. The molecule has 0 saturated carbocycles. The van der Waals surface area contributed by atoms with Gasteiger partial charge in [0.1, 0.15) is 0 Å². The van der Waals surface area contributed by atoms with Crippen molar-refractivity contribution in [2.24, 2.45) is 11.3 Å². The van der Waals surface area contributed by atoms with Gasteiger partial charge in [-0.1, -0.05) is 13.8 Å². The summed E-state index contributed by atoms with van der Waals surface area (Å²) >= 11 is 2.06. The van der Waals surface area contributed by atoms with Gasteiger partial charge in [0.05, 0.1) is 13.2 Å². The second kappa shape index (κ2) is 3.79. The van der Waals surface area contributed by atoms with E-state index in [2.05, 4.69) is 30.9 Å². The summed E-state index contributed by atoms with van der Waals surface area (Å²) in [7, 11) is 0. The molecule has 1 N–H and O–H groups in total. The van der Waals surface area contributed by atoms with Crippen molar-refractivity contribution in [3.8, 4) is 0 Å². The largest absolute Gasteiger partial charge is 0.379 e. The average molecular weight is 201 g/mol. The van der Waals surface area contributed by atoms with E-state index in [4.69, 9.17) is 4.74 Å². The van der Waals surface area contributed by atoms with E-state index in [1.54, 1.807) is 0 Å². The molecule has 2 rings (SSSR count). The van der Waals surface area contributed by atoms with E-state index in [1.807, 2.05) is 0 Å². The molecule has 0 aromatic rings. The second-order valence-corrected chi connectivity index (χ2v) is 5.94. The molecule has 0 aliphatic carbocycles. The Hall–Kier alpha value is 0.270. The predicted molar refractivity (Wildman–Crippen MR) is 57.2 cm³/mol. The fourth-order valence-corrected chi connectivity index (χ4v) is 2.62. The molecule has 0 radical (unpaired) electrons. The van der Waals surface area contributed by atoms with E-state index < -0.39 is 0 Å². The van der Waals surface area contributed by atoms with Gasteiger partial charge in [-0.3, -0.25) is 0 Å². The Labute approximate surface area is 84.8 Å². The quantitative estimate of drug-likeness (QED) is 0.745. The summed E-state index contributed by atoms with van der Waals surface area (Å²) in [5.41, 5.74) is 0.330. The minimum atomic E-state index is 0.330. The molecule has 76 valence electrons. The van der Waals surface area contributed by atoms with Crippen LogP contribution in [0.2, 0.25) is 0 Å². The zero-order valence-electron chi connectivity index (χ0n) is 8.51. The maximum absolute atomic E-state index is 5.49. The van der Waals surface area contributed by atoms with Crippen molar-refractivity contribution in [1.82, 2.24) is 5.32 Å². The minimum Gasteiger partial charge on any atom is -0.379 e. The average Bonchev–Trinajstić information content (AvgIpc) is 2.27. The lowest BCUT2D eigenvalue weighted by atomic mass is 9.88. The van der Waals surface area contributed by atoms with Crippen molar-refractivity contribution in [2.75, 3.05) is 31.3 Å². The maximum Gasteiger partial charge on any atom is 0.0626 e. The number of rotatable bonds is 3. The lowest BCUT2D eigenvalue weighted by molar-refractivity contribution is 0.166. The molecule has 2 aliphatic rings. The summed E-state index contributed by atoms with van der Waals surface area (Å²) in [6.07, 6.45) is 0. The Morgan fingerprint density at radius 2 is 2.23 bits per heavy atom. The van der Waals surface area contributed by atoms with Crippen LogP contribution in [0.1, 0.15) is 13.8 Å². The zero-order chi connectivity index (χ0) is 9.31. The van der Waals surface area contributed by atoms with Crippen molar-refractivity contribution in [3.05, 3.63) is 0 Å². The molecule has 0 aromatic carbocycles. The summed E-state index contributed by atoms with van der Waals surface area (Å²) in [6, 6.07) is 0.568. The van der Waals surface area contributed by atoms with Gasteiger partial charge < -0.3 is 10.1 Å². The molecule has 2 saturated heterocycles. The molecule has 2 aliphatic heterocycles. The van der Waals surface area contributed by atoms with Crippen LogP contribution in [0.5, 0.6) is 0 Å². The molecular weight excluding hydrogens is 182 g/mol. The highest BCUT2D eigenvalue weighted by molar-refractivity contribution is 8.00. The smallest absolute Gasteiger partial charge is 0.0626 e. The van der Waals surface area contributed by atoms with Gasteiger partial charge in [0, 0.05) is 11.5 Å². The van der Waals surface area contributed by atoms with Crippen LogP contribution in [0.3, 0.4) is 0 Å². The molecule has 1 unspecified atom stereocenters. The van der Waals surface area contributed by atoms with E-state index in [0.717, 1.165) is 19.1 Å². The molecule has 0 spiro atoms. The fraction of sp³-hybridized carbons (Fsp3) is 1.00. The van der Waals surface area contributed by atoms with E-state index >= 15 is 0 Å². The molecule has 2 heterocycles. The number of ether oxygens (including phenoxy) is 1. The van der Waals surface area contributed by atoms with E-state index in [1.165, 1.54) is 18.1 Å². The Kier molecular flexibility index (Phi) is 2.86. The number of thioether (sulfide) groups is 1. The van der Waals surface area contributed by atoms with Gasteiger partial charge in [-0.15, -0.1) is 0 Å². The standard InChI is InChI=1S/C10H19NOS/c1-10(2)7-12-4-9(10)11-3-8-5-13-6-8/h8-9,11H,3-7H2,1-2H3. The molecular formula is C10H19NOS. The summed E-state index contributed by atoms with van der Waals surface area (Å²) in [4.78, 5) is 0. The first-order valence-electron chi connectivity index (χ1n) is 5.07. The van der Waals surface area contributed by atoms with Crippen molar-refractivity contribution in [1.29, 1.82) is 0 Å². The van der Waals surface area contributed by atoms with Crippen LogP contribution in [0.15, 0.2) is 0 Å². The van der Waals surface area contributed by atoms with Gasteiger partial charge in [-0.25, -0.2) is 0 Å². The predicted octanol–water partition coefficient (Wildman–Crippen LogP) is 1.36. The highest BCUT2D eigenvalue weighted by Crippen LogP contribution is 2.29. The van der Waals surface area contributed by atoms with Crippen molar-refractivity contribution >= 4 is 11.8 Å². The Bertz CT molecular complexity index is 180. The van der Waals surface area contributed by atoms with Crippen LogP contribution in [0.25, 0.3) is 0 Å². The first-order chi connectivity index (χ1) is 6.18. The molecule has 0 aromatic heterocycles. The third-order valence-corrected chi connectivity index (χ3v) is 4.48. The fourth-order valence-electron chi connectivity index (χ4n) is 1.81.